The lowest BCUT2D eigenvalue weighted by Gasteiger charge is -2.28. The Morgan fingerprint density at radius 1 is 1.17 bits per heavy atom. The minimum Gasteiger partial charge on any atom is -0.313 e. The second kappa shape index (κ2) is 5.38. The first-order chi connectivity index (χ1) is 10.8. The Kier molecular flexibility index (Phi) is 3.63. The fourth-order valence-electron chi connectivity index (χ4n) is 2.79. The molecule has 0 aliphatic carbocycles. The second-order valence-electron chi connectivity index (χ2n) is 5.65. The Balaban J connectivity index is 2.21. The third-order valence-electron chi connectivity index (χ3n) is 3.96. The Labute approximate surface area is 135 Å². The van der Waals surface area contributed by atoms with E-state index >= 15 is 0 Å². The minimum absolute atomic E-state index is 0.110. The van der Waals surface area contributed by atoms with Crippen molar-refractivity contribution in [2.75, 3.05) is 16.3 Å². The highest BCUT2D eigenvalue weighted by Crippen LogP contribution is 2.37. The molecule has 1 unspecified atom stereocenters. The maximum atomic E-state index is 13.1. The SMILES string of the molecule is CC1CC(=O)N(C)c2ccccc2N1S(=O)(=O)c1cnn(C)c1. The van der Waals surface area contributed by atoms with Gasteiger partial charge in [0.15, 0.2) is 0 Å². The van der Waals surface area contributed by atoms with Crippen LogP contribution in [-0.2, 0) is 21.9 Å². The second-order valence-corrected chi connectivity index (χ2v) is 7.46. The Morgan fingerprint density at radius 2 is 1.83 bits per heavy atom. The molecule has 0 bridgehead atoms. The monoisotopic (exact) mass is 334 g/mol. The molecule has 0 spiro atoms. The molecule has 0 fully saturated rings. The number of carbonyl (C=O) groups excluding carboxylic acids is 1. The summed E-state index contributed by atoms with van der Waals surface area (Å²) >= 11 is 0. The molecule has 0 radical (unpaired) electrons. The van der Waals surface area contributed by atoms with E-state index in [1.54, 1.807) is 45.3 Å². The molecule has 3 rings (SSSR count). The van der Waals surface area contributed by atoms with Crippen molar-refractivity contribution in [3.63, 3.8) is 0 Å². The summed E-state index contributed by atoms with van der Waals surface area (Å²) in [7, 11) is -0.479. The summed E-state index contributed by atoms with van der Waals surface area (Å²) in [6.07, 6.45) is 2.90. The number of rotatable bonds is 2. The number of hydrogen-bond acceptors (Lipinski definition) is 4. The van der Waals surface area contributed by atoms with Gasteiger partial charge in [-0.25, -0.2) is 8.42 Å². The van der Waals surface area contributed by atoms with Gasteiger partial charge in [-0.2, -0.15) is 5.10 Å². The molecule has 0 saturated heterocycles. The number of para-hydroxylation sites is 2. The molecule has 1 aromatic heterocycles. The Morgan fingerprint density at radius 3 is 2.43 bits per heavy atom. The first-order valence-electron chi connectivity index (χ1n) is 7.21. The van der Waals surface area contributed by atoms with E-state index in [0.717, 1.165) is 0 Å². The number of aromatic nitrogens is 2. The standard InChI is InChI=1S/C15H18N4O3S/c1-11-8-15(20)18(3)13-6-4-5-7-14(13)19(11)23(21,22)12-9-16-17(2)10-12/h4-7,9-11H,8H2,1-3H3. The highest BCUT2D eigenvalue weighted by Gasteiger charge is 2.37. The van der Waals surface area contributed by atoms with Crippen molar-refractivity contribution in [2.24, 2.45) is 7.05 Å². The van der Waals surface area contributed by atoms with E-state index < -0.39 is 16.1 Å². The number of sulfonamides is 1. The van der Waals surface area contributed by atoms with E-state index in [4.69, 9.17) is 0 Å². The van der Waals surface area contributed by atoms with Crippen LogP contribution in [0.3, 0.4) is 0 Å². The number of hydrogen-bond donors (Lipinski definition) is 0. The van der Waals surface area contributed by atoms with Crippen LogP contribution in [0.1, 0.15) is 13.3 Å². The van der Waals surface area contributed by atoms with Crippen LogP contribution in [0.25, 0.3) is 0 Å². The molecule has 122 valence electrons. The summed E-state index contributed by atoms with van der Waals surface area (Å²) in [6.45, 7) is 1.74. The molecule has 1 atom stereocenters. The highest BCUT2D eigenvalue weighted by molar-refractivity contribution is 7.92. The molecule has 1 amide bonds. The highest BCUT2D eigenvalue weighted by atomic mass is 32.2. The Bertz CT molecular complexity index is 859. The zero-order chi connectivity index (χ0) is 16.8. The van der Waals surface area contributed by atoms with Crippen LogP contribution in [0.15, 0.2) is 41.6 Å². The minimum atomic E-state index is -3.80. The summed E-state index contributed by atoms with van der Waals surface area (Å²) in [6, 6.07) is 6.53. The number of amides is 1. The van der Waals surface area contributed by atoms with Gasteiger partial charge in [0.25, 0.3) is 10.0 Å². The van der Waals surface area contributed by atoms with Crippen LogP contribution >= 0.6 is 0 Å². The van der Waals surface area contributed by atoms with Gasteiger partial charge >= 0.3 is 0 Å². The number of nitrogens with zero attached hydrogens (tertiary/aromatic N) is 4. The first kappa shape index (κ1) is 15.5. The molecular weight excluding hydrogens is 316 g/mol. The van der Waals surface area contributed by atoms with Crippen molar-refractivity contribution in [1.82, 2.24) is 9.78 Å². The molecule has 1 aliphatic heterocycles. The predicted octanol–water partition coefficient (Wildman–Crippen LogP) is 1.37. The van der Waals surface area contributed by atoms with Crippen molar-refractivity contribution in [3.8, 4) is 0 Å². The smallest absolute Gasteiger partial charge is 0.267 e. The molecule has 7 nitrogen and oxygen atoms in total. The summed E-state index contributed by atoms with van der Waals surface area (Å²) in [5, 5.41) is 3.95. The normalized spacial score (nSPS) is 18.7. The average molecular weight is 334 g/mol. The molecule has 1 aromatic carbocycles. The lowest BCUT2D eigenvalue weighted by Crippen LogP contribution is -2.39. The largest absolute Gasteiger partial charge is 0.313 e. The number of fused-ring (bicyclic) bond motifs is 1. The molecular formula is C15H18N4O3S. The predicted molar refractivity (Wildman–Crippen MR) is 86.8 cm³/mol. The van der Waals surface area contributed by atoms with E-state index in [2.05, 4.69) is 5.10 Å². The lowest BCUT2D eigenvalue weighted by atomic mass is 10.2. The number of aryl methyl sites for hydroxylation is 1. The van der Waals surface area contributed by atoms with Gasteiger partial charge in [0, 0.05) is 26.7 Å². The van der Waals surface area contributed by atoms with Crippen LogP contribution < -0.4 is 9.21 Å². The third kappa shape index (κ3) is 2.48. The van der Waals surface area contributed by atoms with Gasteiger partial charge in [0.05, 0.1) is 23.6 Å². The van der Waals surface area contributed by atoms with E-state index in [1.165, 1.54) is 26.3 Å². The number of anilines is 2. The molecule has 0 N–H and O–H groups in total. The van der Waals surface area contributed by atoms with Gasteiger partial charge in [-0.3, -0.25) is 13.8 Å². The van der Waals surface area contributed by atoms with E-state index in [1.807, 2.05) is 0 Å². The van der Waals surface area contributed by atoms with Crippen molar-refractivity contribution in [1.29, 1.82) is 0 Å². The maximum Gasteiger partial charge on any atom is 0.267 e. The van der Waals surface area contributed by atoms with Gasteiger partial charge in [-0.15, -0.1) is 0 Å². The zero-order valence-corrected chi connectivity index (χ0v) is 14.0. The fraction of sp³-hybridized carbons (Fsp3) is 0.333. The molecule has 2 aromatic rings. The van der Waals surface area contributed by atoms with E-state index in [0.29, 0.717) is 11.4 Å². The summed E-state index contributed by atoms with van der Waals surface area (Å²) in [5.74, 6) is -0.117. The molecule has 2 heterocycles. The van der Waals surface area contributed by atoms with Crippen LogP contribution in [0, 0.1) is 0 Å². The van der Waals surface area contributed by atoms with Crippen LogP contribution in [-0.4, -0.2) is 37.2 Å². The van der Waals surface area contributed by atoms with E-state index in [9.17, 15) is 13.2 Å². The van der Waals surface area contributed by atoms with Crippen LogP contribution in [0.4, 0.5) is 11.4 Å². The van der Waals surface area contributed by atoms with Crippen LogP contribution in [0.2, 0.25) is 0 Å². The van der Waals surface area contributed by atoms with Crippen molar-refractivity contribution < 1.29 is 13.2 Å². The summed E-state index contributed by atoms with van der Waals surface area (Å²) < 4.78 is 28.9. The van der Waals surface area contributed by atoms with Crippen molar-refractivity contribution in [3.05, 3.63) is 36.7 Å². The van der Waals surface area contributed by atoms with Crippen LogP contribution in [0.5, 0.6) is 0 Å². The first-order valence-corrected chi connectivity index (χ1v) is 8.65. The fourth-order valence-corrected chi connectivity index (χ4v) is 4.45. The lowest BCUT2D eigenvalue weighted by molar-refractivity contribution is -0.118. The molecule has 8 heteroatoms. The van der Waals surface area contributed by atoms with Gasteiger partial charge < -0.3 is 4.90 Å². The van der Waals surface area contributed by atoms with Gasteiger partial charge in [-0.05, 0) is 19.1 Å². The molecule has 0 saturated carbocycles. The Hall–Kier alpha value is -2.35. The average Bonchev–Trinajstić information content (AvgIpc) is 2.90. The summed E-state index contributed by atoms with van der Waals surface area (Å²) in [4.78, 5) is 13.9. The topological polar surface area (TPSA) is 75.5 Å². The molecule has 1 aliphatic rings. The third-order valence-corrected chi connectivity index (χ3v) is 5.84. The summed E-state index contributed by atoms with van der Waals surface area (Å²) in [5.41, 5.74) is 1.08. The van der Waals surface area contributed by atoms with Crippen molar-refractivity contribution >= 4 is 27.3 Å². The van der Waals surface area contributed by atoms with Gasteiger partial charge in [-0.1, -0.05) is 12.1 Å². The van der Waals surface area contributed by atoms with E-state index in [-0.39, 0.29) is 17.2 Å². The number of carbonyl (C=O) groups is 1. The maximum absolute atomic E-state index is 13.1. The van der Waals surface area contributed by atoms with Gasteiger partial charge in [0.1, 0.15) is 4.90 Å². The quantitative estimate of drug-likeness (QED) is 0.831. The van der Waals surface area contributed by atoms with Gasteiger partial charge in [0.2, 0.25) is 5.91 Å². The molecule has 23 heavy (non-hydrogen) atoms. The van der Waals surface area contributed by atoms with Crippen molar-refractivity contribution in [2.45, 2.75) is 24.3 Å². The zero-order valence-electron chi connectivity index (χ0n) is 13.2. The number of benzene rings is 1.